The molecule has 1 amide bonds. The van der Waals surface area contributed by atoms with Crippen LogP contribution in [0.5, 0.6) is 0 Å². The maximum absolute atomic E-state index is 13.1. The van der Waals surface area contributed by atoms with Crippen LogP contribution in [0.1, 0.15) is 42.1 Å². The zero-order chi connectivity index (χ0) is 17.5. The number of hydrogen-bond acceptors (Lipinski definition) is 2. The highest BCUT2D eigenvalue weighted by Gasteiger charge is 2.16. The lowest BCUT2D eigenvalue weighted by Gasteiger charge is -2.23. The van der Waals surface area contributed by atoms with Gasteiger partial charge in [-0.05, 0) is 30.2 Å². The monoisotopic (exact) mass is 330 g/mol. The van der Waals surface area contributed by atoms with E-state index in [2.05, 4.69) is 6.92 Å². The van der Waals surface area contributed by atoms with E-state index in [9.17, 15) is 14.0 Å². The average molecular weight is 330 g/mol. The number of rotatable bonds is 7. The molecular weight excluding hydrogens is 307 g/mol. The Hall–Kier alpha value is -2.43. The minimum absolute atomic E-state index is 0.173. The fraction of sp³-hybridized carbons (Fsp3) is 0.368. The van der Waals surface area contributed by atoms with Gasteiger partial charge in [0, 0.05) is 38.0 Å². The number of carbonyl (C=O) groups is 1. The number of pyridine rings is 1. The zero-order valence-corrected chi connectivity index (χ0v) is 14.2. The maximum Gasteiger partial charge on any atom is 0.254 e. The summed E-state index contributed by atoms with van der Waals surface area (Å²) in [4.78, 5) is 26.3. The predicted molar refractivity (Wildman–Crippen MR) is 92.3 cm³/mol. The Morgan fingerprint density at radius 3 is 2.50 bits per heavy atom. The average Bonchev–Trinajstić information content (AvgIpc) is 2.58. The third-order valence-electron chi connectivity index (χ3n) is 3.96. The molecule has 0 saturated carbocycles. The van der Waals surface area contributed by atoms with Gasteiger partial charge < -0.3 is 9.47 Å². The number of nitrogens with zero attached hydrogens (tertiary/aromatic N) is 2. The van der Waals surface area contributed by atoms with Crippen molar-refractivity contribution in [1.82, 2.24) is 9.47 Å². The van der Waals surface area contributed by atoms with Crippen LogP contribution >= 0.6 is 0 Å². The van der Waals surface area contributed by atoms with E-state index in [4.69, 9.17) is 0 Å². The molecule has 1 aromatic heterocycles. The summed E-state index contributed by atoms with van der Waals surface area (Å²) in [5, 5.41) is 0. The molecule has 0 saturated heterocycles. The third-order valence-corrected chi connectivity index (χ3v) is 3.96. The molecule has 2 aromatic rings. The molecule has 0 aliphatic heterocycles. The summed E-state index contributed by atoms with van der Waals surface area (Å²) in [6, 6.07) is 9.16. The summed E-state index contributed by atoms with van der Waals surface area (Å²) in [6.45, 7) is 3.12. The van der Waals surface area contributed by atoms with E-state index in [1.165, 1.54) is 22.8 Å². The van der Waals surface area contributed by atoms with E-state index in [1.807, 2.05) is 0 Å². The maximum atomic E-state index is 13.1. The smallest absolute Gasteiger partial charge is 0.254 e. The van der Waals surface area contributed by atoms with Gasteiger partial charge >= 0.3 is 0 Å². The molecule has 0 radical (unpaired) electrons. The molecule has 0 unspecified atom stereocenters. The first kappa shape index (κ1) is 17.9. The Morgan fingerprint density at radius 1 is 1.17 bits per heavy atom. The molecule has 5 heteroatoms. The summed E-state index contributed by atoms with van der Waals surface area (Å²) in [5.41, 5.74) is 1.04. The van der Waals surface area contributed by atoms with Gasteiger partial charge in [0.05, 0.1) is 0 Å². The van der Waals surface area contributed by atoms with Crippen LogP contribution < -0.4 is 5.56 Å². The summed E-state index contributed by atoms with van der Waals surface area (Å²) in [6.07, 6.45) is 4.58. The summed E-state index contributed by atoms with van der Waals surface area (Å²) >= 11 is 0. The Labute approximate surface area is 141 Å². The molecule has 24 heavy (non-hydrogen) atoms. The molecule has 0 atom stereocenters. The highest BCUT2D eigenvalue weighted by molar-refractivity contribution is 5.94. The molecule has 2 rings (SSSR count). The van der Waals surface area contributed by atoms with Gasteiger partial charge in [-0.25, -0.2) is 4.39 Å². The van der Waals surface area contributed by atoms with Crippen molar-refractivity contribution in [2.24, 2.45) is 7.05 Å². The number of aryl methyl sites for hydroxylation is 1. The molecule has 128 valence electrons. The van der Waals surface area contributed by atoms with Gasteiger partial charge in [-0.2, -0.15) is 0 Å². The summed E-state index contributed by atoms with van der Waals surface area (Å²) in [5.74, 6) is -0.470. The third kappa shape index (κ3) is 4.78. The van der Waals surface area contributed by atoms with Gasteiger partial charge in [0.25, 0.3) is 11.5 Å². The Bertz CT molecular complexity index is 738. The van der Waals surface area contributed by atoms with E-state index >= 15 is 0 Å². The van der Waals surface area contributed by atoms with Crippen molar-refractivity contribution in [2.45, 2.75) is 32.7 Å². The predicted octanol–water partition coefficient (Wildman–Crippen LogP) is 3.36. The topological polar surface area (TPSA) is 42.3 Å². The van der Waals surface area contributed by atoms with Gasteiger partial charge in [0.15, 0.2) is 0 Å². The van der Waals surface area contributed by atoms with Crippen LogP contribution in [0.25, 0.3) is 0 Å². The molecule has 1 aromatic carbocycles. The van der Waals surface area contributed by atoms with E-state index in [0.717, 1.165) is 24.8 Å². The lowest BCUT2D eigenvalue weighted by molar-refractivity contribution is 0.0739. The normalized spacial score (nSPS) is 10.6. The second-order valence-corrected chi connectivity index (χ2v) is 5.92. The van der Waals surface area contributed by atoms with Crippen molar-refractivity contribution < 1.29 is 9.18 Å². The van der Waals surface area contributed by atoms with Gasteiger partial charge in [0.2, 0.25) is 0 Å². The van der Waals surface area contributed by atoms with Crippen LogP contribution in [0, 0.1) is 5.82 Å². The van der Waals surface area contributed by atoms with Crippen molar-refractivity contribution in [3.05, 3.63) is 69.9 Å². The number of halogens is 1. The molecule has 0 fully saturated rings. The fourth-order valence-corrected chi connectivity index (χ4v) is 2.48. The first-order valence-electron chi connectivity index (χ1n) is 8.21. The molecule has 0 N–H and O–H groups in total. The molecule has 0 spiro atoms. The fourth-order valence-electron chi connectivity index (χ4n) is 2.48. The largest absolute Gasteiger partial charge is 0.334 e. The number of benzene rings is 1. The minimum Gasteiger partial charge on any atom is -0.334 e. The lowest BCUT2D eigenvalue weighted by atomic mass is 10.1. The molecule has 0 aliphatic rings. The SMILES string of the molecule is CCCCCN(Cc1ccc(F)cc1)C(=O)c1ccn(C)c(=O)c1. The highest BCUT2D eigenvalue weighted by atomic mass is 19.1. The van der Waals surface area contributed by atoms with Gasteiger partial charge in [-0.3, -0.25) is 9.59 Å². The number of aromatic nitrogens is 1. The Kier molecular flexibility index (Phi) is 6.29. The van der Waals surface area contributed by atoms with Gasteiger partial charge in [0.1, 0.15) is 5.82 Å². The Balaban J connectivity index is 2.20. The van der Waals surface area contributed by atoms with Crippen LogP contribution in [0.3, 0.4) is 0 Å². The summed E-state index contributed by atoms with van der Waals surface area (Å²) < 4.78 is 14.5. The standard InChI is InChI=1S/C19H23FN2O2/c1-3-4-5-11-22(14-15-6-8-17(20)9-7-15)19(24)16-10-12-21(2)18(23)13-16/h6-10,12-13H,3-5,11,14H2,1-2H3. The zero-order valence-electron chi connectivity index (χ0n) is 14.2. The number of carbonyl (C=O) groups excluding carboxylic acids is 1. The molecule has 0 bridgehead atoms. The van der Waals surface area contributed by atoms with Crippen LogP contribution in [-0.2, 0) is 13.6 Å². The highest BCUT2D eigenvalue weighted by Crippen LogP contribution is 2.12. The molecule has 1 heterocycles. The van der Waals surface area contributed by atoms with Crippen LogP contribution in [0.15, 0.2) is 47.4 Å². The van der Waals surface area contributed by atoms with E-state index in [-0.39, 0.29) is 17.3 Å². The van der Waals surface area contributed by atoms with E-state index in [1.54, 1.807) is 36.3 Å². The van der Waals surface area contributed by atoms with Crippen LogP contribution in [0.4, 0.5) is 4.39 Å². The number of unbranched alkanes of at least 4 members (excludes halogenated alkanes) is 2. The first-order valence-corrected chi connectivity index (χ1v) is 8.21. The molecular formula is C19H23FN2O2. The van der Waals surface area contributed by atoms with E-state index < -0.39 is 0 Å². The quantitative estimate of drug-likeness (QED) is 0.731. The van der Waals surface area contributed by atoms with Crippen molar-refractivity contribution in [3.63, 3.8) is 0 Å². The summed E-state index contributed by atoms with van der Waals surface area (Å²) in [7, 11) is 1.65. The molecule has 4 nitrogen and oxygen atoms in total. The van der Waals surface area contributed by atoms with Gasteiger partial charge in [-0.1, -0.05) is 31.9 Å². The van der Waals surface area contributed by atoms with Crippen molar-refractivity contribution in [1.29, 1.82) is 0 Å². The minimum atomic E-state index is -0.297. The number of amides is 1. The molecule has 0 aliphatic carbocycles. The van der Waals surface area contributed by atoms with Crippen molar-refractivity contribution >= 4 is 5.91 Å². The van der Waals surface area contributed by atoms with Crippen molar-refractivity contribution in [2.75, 3.05) is 6.54 Å². The second-order valence-electron chi connectivity index (χ2n) is 5.92. The number of hydrogen-bond donors (Lipinski definition) is 0. The van der Waals surface area contributed by atoms with Crippen molar-refractivity contribution in [3.8, 4) is 0 Å². The van der Waals surface area contributed by atoms with E-state index in [0.29, 0.717) is 18.7 Å². The van der Waals surface area contributed by atoms with Crippen LogP contribution in [0.2, 0.25) is 0 Å². The van der Waals surface area contributed by atoms with Gasteiger partial charge in [-0.15, -0.1) is 0 Å². The van der Waals surface area contributed by atoms with Crippen LogP contribution in [-0.4, -0.2) is 21.9 Å². The second kappa shape index (κ2) is 8.43. The first-order chi connectivity index (χ1) is 11.5. The Morgan fingerprint density at radius 2 is 1.88 bits per heavy atom. The lowest BCUT2D eigenvalue weighted by Crippen LogP contribution is -2.32.